The van der Waals surface area contributed by atoms with E-state index in [1.54, 1.807) is 0 Å². The van der Waals surface area contributed by atoms with E-state index in [0.717, 1.165) is 11.3 Å². The summed E-state index contributed by atoms with van der Waals surface area (Å²) in [4.78, 5) is 12.5. The lowest BCUT2D eigenvalue weighted by Crippen LogP contribution is -2.27. The minimum Gasteiger partial charge on any atom is -0.481 e. The molecule has 92 valence electrons. The molecule has 1 aromatic carbocycles. The van der Waals surface area contributed by atoms with Crippen LogP contribution in [0.5, 0.6) is 0 Å². The second kappa shape index (κ2) is 6.30. The molecule has 0 fully saturated rings. The number of aliphatic carboxylic acids is 1. The fourth-order valence-corrected chi connectivity index (χ4v) is 1.64. The molecule has 1 rings (SSSR count). The topological polar surface area (TPSA) is 40.5 Å². The van der Waals surface area contributed by atoms with Gasteiger partial charge in [0.1, 0.15) is 0 Å². The third kappa shape index (κ3) is 4.91. The second-order valence-corrected chi connectivity index (χ2v) is 4.45. The van der Waals surface area contributed by atoms with Gasteiger partial charge in [-0.2, -0.15) is 0 Å². The van der Waals surface area contributed by atoms with Crippen LogP contribution in [0.2, 0.25) is 0 Å². The summed E-state index contributed by atoms with van der Waals surface area (Å²) in [5, 5.41) is 9.20. The minimum absolute atomic E-state index is 0.0814. The maximum atomic E-state index is 10.6. The first-order valence-corrected chi connectivity index (χ1v) is 5.73. The monoisotopic (exact) mass is 253 g/mol. The second-order valence-electron chi connectivity index (χ2n) is 3.92. The van der Waals surface area contributed by atoms with Crippen molar-refractivity contribution in [2.75, 3.05) is 18.0 Å². The smallest absolute Gasteiger partial charge is 0.305 e. The van der Waals surface area contributed by atoms with Crippen molar-refractivity contribution in [3.8, 4) is 0 Å². The van der Waals surface area contributed by atoms with Crippen LogP contribution >= 0.6 is 11.6 Å². The Morgan fingerprint density at radius 2 is 2.00 bits per heavy atom. The zero-order valence-corrected chi connectivity index (χ0v) is 10.6. The van der Waals surface area contributed by atoms with E-state index in [-0.39, 0.29) is 6.42 Å². The van der Waals surface area contributed by atoms with Crippen molar-refractivity contribution in [3.05, 3.63) is 41.4 Å². The number of carbonyl (C=O) groups is 1. The number of anilines is 1. The maximum absolute atomic E-state index is 10.6. The molecule has 0 saturated heterocycles. The number of aryl methyl sites for hydroxylation is 1. The van der Waals surface area contributed by atoms with Crippen molar-refractivity contribution < 1.29 is 9.90 Å². The molecule has 0 aromatic heterocycles. The normalized spacial score (nSPS) is 10.0. The third-order valence-electron chi connectivity index (χ3n) is 2.36. The molecule has 0 aliphatic rings. The van der Waals surface area contributed by atoms with Crippen LogP contribution in [0, 0.1) is 6.92 Å². The molecule has 0 spiro atoms. The Kier molecular flexibility index (Phi) is 5.04. The molecule has 17 heavy (non-hydrogen) atoms. The van der Waals surface area contributed by atoms with E-state index in [0.29, 0.717) is 18.1 Å². The van der Waals surface area contributed by atoms with Crippen LogP contribution < -0.4 is 4.90 Å². The van der Waals surface area contributed by atoms with Crippen LogP contribution in [0.3, 0.4) is 0 Å². The fourth-order valence-electron chi connectivity index (χ4n) is 1.49. The Balaban J connectivity index is 2.77. The number of nitrogens with zero attached hydrogens (tertiary/aromatic N) is 1. The van der Waals surface area contributed by atoms with Crippen molar-refractivity contribution in [1.29, 1.82) is 0 Å². The zero-order chi connectivity index (χ0) is 12.8. The van der Waals surface area contributed by atoms with Gasteiger partial charge in [0.15, 0.2) is 0 Å². The molecule has 0 aliphatic heterocycles. The summed E-state index contributed by atoms with van der Waals surface area (Å²) in [7, 11) is 0. The Morgan fingerprint density at radius 3 is 2.47 bits per heavy atom. The van der Waals surface area contributed by atoms with Gasteiger partial charge < -0.3 is 10.0 Å². The predicted octanol–water partition coefficient (Wildman–Crippen LogP) is 3.03. The lowest BCUT2D eigenvalue weighted by molar-refractivity contribution is -0.136. The number of carboxylic acids is 1. The van der Waals surface area contributed by atoms with E-state index in [9.17, 15) is 4.79 Å². The van der Waals surface area contributed by atoms with Crippen molar-refractivity contribution in [2.24, 2.45) is 0 Å². The standard InChI is InChI=1S/C13H16ClNO2/c1-10-3-5-12(6-4-10)15(9-11(2)14)8-7-13(16)17/h3-6H,2,7-9H2,1H3,(H,16,17). The number of hydrogen-bond acceptors (Lipinski definition) is 2. The van der Waals surface area contributed by atoms with Crippen LogP contribution in [0.4, 0.5) is 5.69 Å². The van der Waals surface area contributed by atoms with Crippen molar-refractivity contribution >= 4 is 23.3 Å². The highest BCUT2D eigenvalue weighted by atomic mass is 35.5. The van der Waals surface area contributed by atoms with E-state index < -0.39 is 5.97 Å². The highest BCUT2D eigenvalue weighted by Crippen LogP contribution is 2.17. The number of carboxylic acid groups (broad SMARTS) is 1. The lowest BCUT2D eigenvalue weighted by atomic mass is 10.2. The summed E-state index contributed by atoms with van der Waals surface area (Å²) >= 11 is 5.79. The molecule has 4 heteroatoms. The van der Waals surface area contributed by atoms with Crippen molar-refractivity contribution in [1.82, 2.24) is 0 Å². The van der Waals surface area contributed by atoms with Gasteiger partial charge in [0.25, 0.3) is 0 Å². The number of hydrogen-bond donors (Lipinski definition) is 1. The molecular weight excluding hydrogens is 238 g/mol. The predicted molar refractivity (Wildman–Crippen MR) is 70.6 cm³/mol. The Labute approximate surface area is 106 Å². The maximum Gasteiger partial charge on any atom is 0.305 e. The number of rotatable bonds is 6. The summed E-state index contributed by atoms with van der Waals surface area (Å²) in [6, 6.07) is 7.88. The fraction of sp³-hybridized carbons (Fsp3) is 0.308. The Morgan fingerprint density at radius 1 is 1.41 bits per heavy atom. The third-order valence-corrected chi connectivity index (χ3v) is 2.48. The van der Waals surface area contributed by atoms with E-state index in [4.69, 9.17) is 16.7 Å². The number of benzene rings is 1. The molecule has 0 saturated carbocycles. The summed E-state index contributed by atoms with van der Waals surface area (Å²) < 4.78 is 0. The van der Waals surface area contributed by atoms with Crippen LogP contribution in [0.15, 0.2) is 35.9 Å². The molecule has 1 N–H and O–H groups in total. The van der Waals surface area contributed by atoms with Gasteiger partial charge in [-0.3, -0.25) is 4.79 Å². The molecule has 3 nitrogen and oxygen atoms in total. The van der Waals surface area contributed by atoms with E-state index in [2.05, 4.69) is 6.58 Å². The first kappa shape index (κ1) is 13.6. The van der Waals surface area contributed by atoms with Gasteiger partial charge in [-0.25, -0.2) is 0 Å². The molecule has 0 bridgehead atoms. The van der Waals surface area contributed by atoms with Gasteiger partial charge in [-0.15, -0.1) is 0 Å². The van der Waals surface area contributed by atoms with E-state index in [1.807, 2.05) is 36.1 Å². The number of halogens is 1. The average Bonchev–Trinajstić information content (AvgIpc) is 2.25. The van der Waals surface area contributed by atoms with Gasteiger partial charge in [0, 0.05) is 17.3 Å². The summed E-state index contributed by atoms with van der Waals surface area (Å²) in [6.07, 6.45) is 0.0814. The SMILES string of the molecule is C=C(Cl)CN(CCC(=O)O)c1ccc(C)cc1. The highest BCUT2D eigenvalue weighted by molar-refractivity contribution is 6.29. The van der Waals surface area contributed by atoms with Crippen LogP contribution in [-0.4, -0.2) is 24.2 Å². The molecule has 0 radical (unpaired) electrons. The van der Waals surface area contributed by atoms with Gasteiger partial charge in [-0.05, 0) is 19.1 Å². The van der Waals surface area contributed by atoms with Gasteiger partial charge in [0.2, 0.25) is 0 Å². The Hall–Kier alpha value is -1.48. The van der Waals surface area contributed by atoms with E-state index >= 15 is 0 Å². The van der Waals surface area contributed by atoms with E-state index in [1.165, 1.54) is 0 Å². The zero-order valence-electron chi connectivity index (χ0n) is 9.82. The molecule has 1 aromatic rings. The van der Waals surface area contributed by atoms with Crippen LogP contribution in [0.25, 0.3) is 0 Å². The van der Waals surface area contributed by atoms with Gasteiger partial charge in [-0.1, -0.05) is 35.9 Å². The average molecular weight is 254 g/mol. The van der Waals surface area contributed by atoms with Gasteiger partial charge >= 0.3 is 5.97 Å². The molecule has 0 heterocycles. The summed E-state index contributed by atoms with van der Waals surface area (Å²) in [5.41, 5.74) is 2.12. The van der Waals surface area contributed by atoms with Crippen LogP contribution in [0.1, 0.15) is 12.0 Å². The quantitative estimate of drug-likeness (QED) is 0.847. The summed E-state index contributed by atoms with van der Waals surface area (Å²) in [5.74, 6) is -0.817. The van der Waals surface area contributed by atoms with Crippen LogP contribution in [-0.2, 0) is 4.79 Å². The first-order valence-electron chi connectivity index (χ1n) is 5.35. The molecule has 0 atom stereocenters. The molecule has 0 amide bonds. The first-order chi connectivity index (χ1) is 7.99. The summed E-state index contributed by atoms with van der Waals surface area (Å²) in [6.45, 7) is 6.52. The lowest BCUT2D eigenvalue weighted by Gasteiger charge is -2.23. The van der Waals surface area contributed by atoms with Crippen molar-refractivity contribution in [3.63, 3.8) is 0 Å². The molecule has 0 aliphatic carbocycles. The minimum atomic E-state index is -0.817. The molecular formula is C13H16ClNO2. The van der Waals surface area contributed by atoms with Gasteiger partial charge in [0.05, 0.1) is 13.0 Å². The highest BCUT2D eigenvalue weighted by Gasteiger charge is 2.09. The van der Waals surface area contributed by atoms with Crippen molar-refractivity contribution in [2.45, 2.75) is 13.3 Å². The Bertz CT molecular complexity index is 400. The largest absolute Gasteiger partial charge is 0.481 e. The molecule has 0 unspecified atom stereocenters.